The van der Waals surface area contributed by atoms with Crippen LogP contribution in [-0.2, 0) is 27.6 Å². The van der Waals surface area contributed by atoms with E-state index in [1.165, 1.54) is 12.1 Å². The van der Waals surface area contributed by atoms with Crippen molar-refractivity contribution in [3.63, 3.8) is 0 Å². The number of fused-ring (bicyclic) bond motifs is 1. The van der Waals surface area contributed by atoms with Gasteiger partial charge in [0.05, 0.1) is 37.2 Å². The topological polar surface area (TPSA) is 110 Å². The van der Waals surface area contributed by atoms with E-state index in [4.69, 9.17) is 21.1 Å². The van der Waals surface area contributed by atoms with Crippen LogP contribution in [0.1, 0.15) is 38.8 Å². The standard InChI is InChI=1S/C38H40ClN3O6S/c39-31-13-16-35-34(27-31)33(18-23-48-32-14-11-30(12-15-32)38(43)44)36(17-19-40-49(45,46)26-22-41-20-24-47-25-21-41)42(35)37(28-7-3-1-4-8-28)29-9-5-2-6-10-29/h1-16,27,37,40H,17-26H2,(H,43,44). The Morgan fingerprint density at radius 1 is 0.898 bits per heavy atom. The van der Waals surface area contributed by atoms with Crippen molar-refractivity contribution in [2.75, 3.05) is 51.8 Å². The number of carbonyl (C=O) groups is 1. The van der Waals surface area contributed by atoms with Crippen molar-refractivity contribution in [2.45, 2.75) is 18.9 Å². The third-order valence-electron chi connectivity index (χ3n) is 8.86. The van der Waals surface area contributed by atoms with Crippen molar-refractivity contribution in [3.8, 4) is 5.75 Å². The molecule has 9 nitrogen and oxygen atoms in total. The average Bonchev–Trinajstić information content (AvgIpc) is 3.40. The molecule has 4 aromatic carbocycles. The number of nitrogens with zero attached hydrogens (tertiary/aromatic N) is 2. The minimum atomic E-state index is -3.53. The largest absolute Gasteiger partial charge is 0.493 e. The summed E-state index contributed by atoms with van der Waals surface area (Å²) >= 11 is 6.61. The molecule has 1 fully saturated rings. The minimum absolute atomic E-state index is 0.0175. The number of carboxylic acids is 1. The van der Waals surface area contributed by atoms with Crippen LogP contribution in [-0.4, -0.2) is 80.7 Å². The Balaban J connectivity index is 1.36. The van der Waals surface area contributed by atoms with E-state index in [9.17, 15) is 18.3 Å². The minimum Gasteiger partial charge on any atom is -0.493 e. The number of hydrogen-bond acceptors (Lipinski definition) is 6. The van der Waals surface area contributed by atoms with Crippen LogP contribution in [0.15, 0.2) is 103 Å². The molecule has 0 atom stereocenters. The van der Waals surface area contributed by atoms with Crippen molar-refractivity contribution < 1.29 is 27.8 Å². The van der Waals surface area contributed by atoms with E-state index in [0.29, 0.717) is 50.0 Å². The number of carboxylic acid groups (broad SMARTS) is 1. The van der Waals surface area contributed by atoms with Crippen molar-refractivity contribution >= 4 is 38.5 Å². The zero-order valence-electron chi connectivity index (χ0n) is 27.1. The smallest absolute Gasteiger partial charge is 0.335 e. The molecule has 49 heavy (non-hydrogen) atoms. The van der Waals surface area contributed by atoms with Crippen molar-refractivity contribution in [3.05, 3.63) is 136 Å². The number of aromatic nitrogens is 1. The Bertz CT molecular complexity index is 1920. The van der Waals surface area contributed by atoms with Gasteiger partial charge in [-0.1, -0.05) is 72.3 Å². The fraction of sp³-hybridized carbons (Fsp3) is 0.289. The van der Waals surface area contributed by atoms with Crippen molar-refractivity contribution in [2.24, 2.45) is 0 Å². The number of hydrogen-bond donors (Lipinski definition) is 2. The Morgan fingerprint density at radius 2 is 1.55 bits per heavy atom. The second kappa shape index (κ2) is 16.0. The second-order valence-electron chi connectivity index (χ2n) is 12.0. The lowest BCUT2D eigenvalue weighted by Gasteiger charge is -2.26. The fourth-order valence-electron chi connectivity index (χ4n) is 6.45. The molecule has 2 N–H and O–H groups in total. The molecule has 11 heteroatoms. The van der Waals surface area contributed by atoms with E-state index in [-0.39, 0.29) is 23.9 Å². The molecule has 5 aromatic rings. The summed E-state index contributed by atoms with van der Waals surface area (Å²) in [7, 11) is -3.53. The molecular formula is C38H40ClN3O6S. The SMILES string of the molecule is O=C(O)c1ccc(OCCc2c(CCNS(=O)(=O)CCN3CCOCC3)n(C(c3ccccc3)c3ccccc3)c3ccc(Cl)cc23)cc1. The molecule has 0 saturated carbocycles. The van der Waals surface area contributed by atoms with E-state index in [0.717, 1.165) is 46.4 Å². The highest BCUT2D eigenvalue weighted by Gasteiger charge is 2.26. The van der Waals surface area contributed by atoms with Gasteiger partial charge in [0.2, 0.25) is 10.0 Å². The number of benzene rings is 4. The van der Waals surface area contributed by atoms with E-state index in [1.807, 2.05) is 54.6 Å². The zero-order valence-corrected chi connectivity index (χ0v) is 28.7. The maximum Gasteiger partial charge on any atom is 0.335 e. The summed E-state index contributed by atoms with van der Waals surface area (Å²) in [6, 6.07) is 32.6. The summed E-state index contributed by atoms with van der Waals surface area (Å²) in [4.78, 5) is 13.4. The normalized spacial score (nSPS) is 14.0. The lowest BCUT2D eigenvalue weighted by molar-refractivity contribution is 0.0408. The summed E-state index contributed by atoms with van der Waals surface area (Å²) in [5.74, 6) is -0.416. The van der Waals surface area contributed by atoms with Crippen LogP contribution in [0.25, 0.3) is 10.9 Å². The van der Waals surface area contributed by atoms with Gasteiger partial charge in [-0.25, -0.2) is 17.9 Å². The molecule has 6 rings (SSSR count). The molecular weight excluding hydrogens is 662 g/mol. The molecule has 2 heterocycles. The fourth-order valence-corrected chi connectivity index (χ4v) is 7.68. The van der Waals surface area contributed by atoms with Crippen LogP contribution in [0.2, 0.25) is 5.02 Å². The molecule has 0 spiro atoms. The zero-order chi connectivity index (χ0) is 34.2. The number of rotatable bonds is 15. The first-order valence-electron chi connectivity index (χ1n) is 16.4. The first-order valence-corrected chi connectivity index (χ1v) is 18.5. The molecule has 1 saturated heterocycles. The van der Waals surface area contributed by atoms with Gasteiger partial charge in [-0.2, -0.15) is 0 Å². The lowest BCUT2D eigenvalue weighted by atomic mass is 9.97. The number of halogens is 1. The van der Waals surface area contributed by atoms with Gasteiger partial charge in [0.1, 0.15) is 5.75 Å². The van der Waals surface area contributed by atoms with E-state index < -0.39 is 16.0 Å². The van der Waals surface area contributed by atoms with Gasteiger partial charge in [-0.3, -0.25) is 4.90 Å². The Morgan fingerprint density at radius 3 is 2.18 bits per heavy atom. The van der Waals surface area contributed by atoms with Crippen molar-refractivity contribution in [1.29, 1.82) is 0 Å². The molecule has 0 radical (unpaired) electrons. The predicted molar refractivity (Wildman–Crippen MR) is 192 cm³/mol. The number of sulfonamides is 1. The summed E-state index contributed by atoms with van der Waals surface area (Å²) in [5.41, 5.74) is 5.35. The average molecular weight is 702 g/mol. The molecule has 0 bridgehead atoms. The van der Waals surface area contributed by atoms with Crippen LogP contribution in [0, 0.1) is 0 Å². The van der Waals surface area contributed by atoms with Crippen LogP contribution in [0.5, 0.6) is 5.75 Å². The third kappa shape index (κ3) is 8.70. The summed E-state index contributed by atoms with van der Waals surface area (Å²) in [6.07, 6.45) is 0.946. The van der Waals surface area contributed by atoms with Gasteiger partial charge >= 0.3 is 5.97 Å². The molecule has 0 unspecified atom stereocenters. The predicted octanol–water partition coefficient (Wildman–Crippen LogP) is 6.05. The first kappa shape index (κ1) is 34.7. The monoisotopic (exact) mass is 701 g/mol. The highest BCUT2D eigenvalue weighted by Crippen LogP contribution is 2.37. The Kier molecular flexibility index (Phi) is 11.3. The van der Waals surface area contributed by atoms with E-state index in [2.05, 4.69) is 38.5 Å². The Hall–Kier alpha value is -4.19. The molecule has 0 aliphatic carbocycles. The second-order valence-corrected chi connectivity index (χ2v) is 14.4. The summed E-state index contributed by atoms with van der Waals surface area (Å²) < 4.78 is 43.0. The molecule has 256 valence electrons. The van der Waals surface area contributed by atoms with Gasteiger partial charge in [0.15, 0.2) is 0 Å². The number of aromatic carboxylic acids is 1. The maximum atomic E-state index is 13.2. The van der Waals surface area contributed by atoms with Gasteiger partial charge in [0, 0.05) is 60.6 Å². The van der Waals surface area contributed by atoms with E-state index in [1.54, 1.807) is 12.1 Å². The van der Waals surface area contributed by atoms with Crippen LogP contribution in [0.3, 0.4) is 0 Å². The van der Waals surface area contributed by atoms with Gasteiger partial charge in [0.25, 0.3) is 0 Å². The third-order valence-corrected chi connectivity index (χ3v) is 10.5. The van der Waals surface area contributed by atoms with Gasteiger partial charge < -0.3 is 19.1 Å². The van der Waals surface area contributed by atoms with Gasteiger partial charge in [-0.15, -0.1) is 0 Å². The number of nitrogens with one attached hydrogen (secondary N) is 1. The summed E-state index contributed by atoms with van der Waals surface area (Å²) in [5, 5.41) is 10.8. The maximum absolute atomic E-state index is 13.2. The number of morpholine rings is 1. The van der Waals surface area contributed by atoms with Crippen LogP contribution >= 0.6 is 11.6 Å². The molecule has 1 aromatic heterocycles. The first-order chi connectivity index (χ1) is 23.8. The molecule has 1 aliphatic rings. The lowest BCUT2D eigenvalue weighted by Crippen LogP contribution is -2.41. The molecule has 0 amide bonds. The van der Waals surface area contributed by atoms with E-state index >= 15 is 0 Å². The quantitative estimate of drug-likeness (QED) is 0.137. The van der Waals surface area contributed by atoms with Gasteiger partial charge in [-0.05, 0) is 59.2 Å². The van der Waals surface area contributed by atoms with Crippen LogP contribution < -0.4 is 9.46 Å². The highest BCUT2D eigenvalue weighted by molar-refractivity contribution is 7.89. The number of ether oxygens (including phenoxy) is 2. The Labute approximate surface area is 292 Å². The van der Waals surface area contributed by atoms with Crippen LogP contribution in [0.4, 0.5) is 0 Å². The van der Waals surface area contributed by atoms with Crippen molar-refractivity contribution in [1.82, 2.24) is 14.2 Å². The summed E-state index contributed by atoms with van der Waals surface area (Å²) in [6.45, 7) is 3.69. The highest BCUT2D eigenvalue weighted by atomic mass is 35.5. The molecule has 1 aliphatic heterocycles.